The topological polar surface area (TPSA) is 18.5 Å². The quantitative estimate of drug-likeness (QED) is 0.144. The smallest absolute Gasteiger partial charge is 0.173 e. The Kier molecular flexibility index (Phi) is 23.8. The minimum atomic E-state index is -0.676. The molecule has 4 heteroatoms. The van der Waals surface area contributed by atoms with Crippen LogP contribution < -0.4 is 0 Å². The van der Waals surface area contributed by atoms with Crippen molar-refractivity contribution < 1.29 is 9.05 Å². The van der Waals surface area contributed by atoms with E-state index in [1.165, 1.54) is 83.5 Å². The molecule has 0 heterocycles. The molecule has 0 aliphatic rings. The van der Waals surface area contributed by atoms with Gasteiger partial charge in [0.15, 0.2) is 8.38 Å². The lowest BCUT2D eigenvalue weighted by Gasteiger charge is -2.26. The summed E-state index contributed by atoms with van der Waals surface area (Å²) in [6.07, 6.45) is 17.7. The van der Waals surface area contributed by atoms with Crippen LogP contribution >= 0.6 is 8.38 Å². The highest BCUT2D eigenvalue weighted by Gasteiger charge is 2.22. The van der Waals surface area contributed by atoms with Crippen LogP contribution in [0.2, 0.25) is 0 Å². The molecule has 0 fully saturated rings. The van der Waals surface area contributed by atoms with E-state index in [0.29, 0.717) is 5.66 Å². The molecule has 1 atom stereocenters. The van der Waals surface area contributed by atoms with Crippen molar-refractivity contribution in [2.45, 2.75) is 117 Å². The Balaban J connectivity index is 0. The summed E-state index contributed by atoms with van der Waals surface area (Å²) in [5.41, 5.74) is 0.651. The lowest BCUT2D eigenvalue weighted by atomic mass is 10.0. The van der Waals surface area contributed by atoms with E-state index in [9.17, 15) is 0 Å². The van der Waals surface area contributed by atoms with E-state index >= 15 is 0 Å². The highest BCUT2D eigenvalue weighted by atomic mass is 31.2. The van der Waals surface area contributed by atoms with E-state index in [-0.39, 0.29) is 8.41 Å². The van der Waals surface area contributed by atoms with Crippen LogP contribution in [0.4, 0.5) is 0 Å². The molecule has 2 nitrogen and oxygen atoms in total. The van der Waals surface area contributed by atoms with Crippen LogP contribution in [0.3, 0.4) is 0 Å². The molecule has 0 amide bonds. The van der Waals surface area contributed by atoms with Crippen molar-refractivity contribution in [3.8, 4) is 0 Å². The van der Waals surface area contributed by atoms with Crippen molar-refractivity contribution in [2.75, 3.05) is 13.2 Å². The molecule has 0 bridgehead atoms. The fourth-order valence-corrected chi connectivity index (χ4v) is 4.79. The average molecular weight is 357 g/mol. The van der Waals surface area contributed by atoms with Gasteiger partial charge in [-0.3, -0.25) is 0 Å². The maximum absolute atomic E-state index is 5.96. The van der Waals surface area contributed by atoms with Crippen LogP contribution in [0.15, 0.2) is 0 Å². The second-order valence-corrected chi connectivity index (χ2v) is 8.35. The molecule has 0 saturated heterocycles. The summed E-state index contributed by atoms with van der Waals surface area (Å²) in [5, 5.41) is 0. The van der Waals surface area contributed by atoms with Crippen molar-refractivity contribution in [1.82, 2.24) is 0 Å². The first-order chi connectivity index (χ1) is 11.3. The monoisotopic (exact) mass is 357 g/mol. The third kappa shape index (κ3) is 15.9. The Bertz CT molecular complexity index is 224. The molecule has 24 heavy (non-hydrogen) atoms. The number of unbranched alkanes of at least 4 members (excludes halogenated alkanes) is 9. The van der Waals surface area contributed by atoms with Gasteiger partial charge in [-0.2, -0.15) is 0 Å². The van der Waals surface area contributed by atoms with Gasteiger partial charge in [-0.1, -0.05) is 84.5 Å². The van der Waals surface area contributed by atoms with Crippen molar-refractivity contribution in [2.24, 2.45) is 0 Å². The van der Waals surface area contributed by atoms with Gasteiger partial charge in [0, 0.05) is 14.1 Å². The minimum Gasteiger partial charge on any atom is -0.334 e. The molecule has 1 unspecified atom stereocenters. The van der Waals surface area contributed by atoms with Crippen LogP contribution in [0.5, 0.6) is 0 Å². The van der Waals surface area contributed by atoms with Gasteiger partial charge in [-0.15, -0.1) is 0 Å². The second-order valence-electron chi connectivity index (χ2n) is 6.53. The van der Waals surface area contributed by atoms with Gasteiger partial charge in [-0.25, -0.2) is 0 Å². The van der Waals surface area contributed by atoms with Gasteiger partial charge in [0.05, 0.1) is 13.2 Å². The lowest BCUT2D eigenvalue weighted by molar-refractivity contribution is 0.257. The van der Waals surface area contributed by atoms with E-state index in [0.717, 1.165) is 13.2 Å². The first kappa shape index (κ1) is 26.6. The summed E-state index contributed by atoms with van der Waals surface area (Å²) in [7, 11) is -0.676. The zero-order valence-electron chi connectivity index (χ0n) is 17.0. The van der Waals surface area contributed by atoms with Crippen LogP contribution in [0.1, 0.15) is 111 Å². The molecule has 0 aliphatic carbocycles. The van der Waals surface area contributed by atoms with Gasteiger partial charge in [0.2, 0.25) is 0 Å². The number of hydrogen-bond acceptors (Lipinski definition) is 2. The Hall–Kier alpha value is 0.415. The summed E-state index contributed by atoms with van der Waals surface area (Å²) in [6, 6.07) is 0. The molecule has 0 rings (SSSR count). The predicted octanol–water partition coefficient (Wildman–Crippen LogP) is 7.47. The van der Waals surface area contributed by atoms with Crippen molar-refractivity contribution in [3.05, 3.63) is 0 Å². The van der Waals surface area contributed by atoms with Gasteiger partial charge < -0.3 is 9.05 Å². The van der Waals surface area contributed by atoms with E-state index in [1.54, 1.807) is 0 Å². The first-order valence-corrected chi connectivity index (χ1v) is 11.6. The molecule has 0 aliphatic heterocycles. The van der Waals surface area contributed by atoms with Crippen molar-refractivity contribution in [3.63, 3.8) is 0 Å². The van der Waals surface area contributed by atoms with Gasteiger partial charge >= 0.3 is 0 Å². The maximum atomic E-state index is 5.96. The highest BCUT2D eigenvalue weighted by molar-refractivity contribution is 7.48. The van der Waals surface area contributed by atoms with Gasteiger partial charge in [-0.05, 0) is 26.7 Å². The summed E-state index contributed by atoms with van der Waals surface area (Å²) >= 11 is 0. The predicted molar refractivity (Wildman–Crippen MR) is 111 cm³/mol. The Morgan fingerprint density at radius 1 is 0.583 bits per heavy atom. The van der Waals surface area contributed by atoms with Crippen LogP contribution in [0, 0.1) is 0 Å². The van der Waals surface area contributed by atoms with E-state index in [2.05, 4.69) is 27.7 Å². The first-order valence-electron chi connectivity index (χ1n) is 10.3. The van der Waals surface area contributed by atoms with E-state index < -0.39 is 8.38 Å². The molecule has 3 radical (unpaired) electrons. The van der Waals surface area contributed by atoms with Gasteiger partial charge in [0.25, 0.3) is 0 Å². The van der Waals surface area contributed by atoms with Crippen LogP contribution in [-0.4, -0.2) is 27.3 Å². The minimum absolute atomic E-state index is 0. The molecule has 0 aromatic rings. The van der Waals surface area contributed by atoms with Crippen molar-refractivity contribution in [1.29, 1.82) is 0 Å². The number of hydrogen-bond donors (Lipinski definition) is 0. The summed E-state index contributed by atoms with van der Waals surface area (Å²) in [5.74, 6) is 0. The zero-order valence-corrected chi connectivity index (χ0v) is 17.9. The highest BCUT2D eigenvalue weighted by Crippen LogP contribution is 2.48. The van der Waals surface area contributed by atoms with E-state index in [1.807, 2.05) is 0 Å². The summed E-state index contributed by atoms with van der Waals surface area (Å²) < 4.78 is 11.9. The SMILES string of the molecule is CCCCCCCCC(CCCCCCC)P(OCC)OCC.[B]. The third-order valence-corrected chi connectivity index (χ3v) is 6.48. The molecule has 0 aromatic heterocycles. The Morgan fingerprint density at radius 2 is 0.958 bits per heavy atom. The second kappa shape index (κ2) is 21.5. The average Bonchev–Trinajstić information content (AvgIpc) is 2.55. The Morgan fingerprint density at radius 3 is 1.33 bits per heavy atom. The van der Waals surface area contributed by atoms with Gasteiger partial charge in [0.1, 0.15) is 0 Å². The summed E-state index contributed by atoms with van der Waals surface area (Å²) in [4.78, 5) is 0. The molecular formula is C20H43BO2P. The molecule has 0 N–H and O–H groups in total. The molecule has 0 saturated carbocycles. The fraction of sp³-hybridized carbons (Fsp3) is 1.00. The molecule has 0 aromatic carbocycles. The lowest BCUT2D eigenvalue weighted by Crippen LogP contribution is -2.10. The largest absolute Gasteiger partial charge is 0.334 e. The Labute approximate surface area is 156 Å². The zero-order chi connectivity index (χ0) is 17.2. The van der Waals surface area contributed by atoms with Crippen LogP contribution in [0.25, 0.3) is 0 Å². The maximum Gasteiger partial charge on any atom is 0.173 e. The van der Waals surface area contributed by atoms with Crippen molar-refractivity contribution >= 4 is 16.8 Å². The molecule has 143 valence electrons. The summed E-state index contributed by atoms with van der Waals surface area (Å²) in [6.45, 7) is 10.3. The standard InChI is InChI=1S/C20H43O2P.B/c1-5-9-11-13-15-17-19-20(18-16-14-12-10-6-2)23(21-7-3)22-8-4;/h20H,5-19H2,1-4H3;. The molecular weight excluding hydrogens is 314 g/mol. The third-order valence-electron chi connectivity index (χ3n) is 4.34. The van der Waals surface area contributed by atoms with Crippen LogP contribution in [-0.2, 0) is 9.05 Å². The van der Waals surface area contributed by atoms with E-state index in [4.69, 9.17) is 9.05 Å². The normalized spacial score (nSPS) is 12.4. The fourth-order valence-electron chi connectivity index (χ4n) is 3.00. The number of rotatable bonds is 18. The molecule has 0 spiro atoms.